The van der Waals surface area contributed by atoms with Crippen LogP contribution < -0.4 is 0 Å². The maximum atomic E-state index is 6.86. The number of hydrogen-bond acceptors (Lipinski definition) is 1. The molecule has 0 spiro atoms. The molecule has 0 amide bonds. The van der Waals surface area contributed by atoms with Crippen molar-refractivity contribution in [3.05, 3.63) is 0 Å². The monoisotopic (exact) mass is 68.1 g/mol. The van der Waals surface area contributed by atoms with Gasteiger partial charge in [-0.3, -0.25) is 0 Å². The van der Waals surface area contributed by atoms with E-state index in [2.05, 4.69) is 5.11 Å². The molecule has 0 fully saturated rings. The fraction of sp³-hybridized carbons (Fsp3) is 1.00. The summed E-state index contributed by atoms with van der Waals surface area (Å²) in [4.78, 5) is 0. The molecule has 0 heterocycles. The molecule has 0 saturated carbocycles. The van der Waals surface area contributed by atoms with Gasteiger partial charge >= 0.3 is 0 Å². The zero-order chi connectivity index (χ0) is 10.2. The minimum Gasteiger partial charge on any atom is -0.396 e. The van der Waals surface area contributed by atoms with Crippen molar-refractivity contribution in [1.29, 1.82) is 1.43 Å². The highest BCUT2D eigenvalue weighted by molar-refractivity contribution is 4.10. The summed E-state index contributed by atoms with van der Waals surface area (Å²) in [5, 5.41) is 3.38. The van der Waals surface area contributed by atoms with E-state index in [1.807, 2.05) is 0 Å². The SMILES string of the molecule is [2H]OC([2H])([2H])C([2H])([2H])C([2H])([2H])[2H]. The molecule has 1 heteroatoms. The summed E-state index contributed by atoms with van der Waals surface area (Å²) in [5.41, 5.74) is 0. The Morgan fingerprint density at radius 3 is 4.00 bits per heavy atom. The van der Waals surface area contributed by atoms with Crippen LogP contribution in [-0.4, -0.2) is 13.1 Å². The first kappa shape index (κ1) is 0.289. The summed E-state index contributed by atoms with van der Waals surface area (Å²) in [6, 6.07) is 0. The molecule has 1 N–H and O–H groups in total. The van der Waals surface area contributed by atoms with Crippen molar-refractivity contribution in [2.24, 2.45) is 0 Å². The van der Waals surface area contributed by atoms with Crippen LogP contribution in [0.4, 0.5) is 0 Å². The number of aliphatic hydroxyl groups is 1. The van der Waals surface area contributed by atoms with Gasteiger partial charge in [0.1, 0.15) is 0 Å². The second-order valence-electron chi connectivity index (χ2n) is 0.227. The molecule has 26 valence electrons. The molecule has 0 aromatic rings. The maximum absolute atomic E-state index is 6.86. The lowest BCUT2D eigenvalue weighted by Crippen LogP contribution is -1.69. The van der Waals surface area contributed by atoms with E-state index in [4.69, 9.17) is 11.0 Å². The first-order chi connectivity index (χ1) is 5.06. The predicted molar refractivity (Wildman–Crippen MR) is 17.4 cm³/mol. The highest BCUT2D eigenvalue weighted by Gasteiger charge is 1.57. The number of hydrogen-bond donors (Lipinski definition) is 1. The van der Waals surface area contributed by atoms with Gasteiger partial charge in [0.15, 0.2) is 0 Å². The molecular weight excluding hydrogens is 52.0 g/mol. The van der Waals surface area contributed by atoms with Crippen molar-refractivity contribution in [3.8, 4) is 0 Å². The molecule has 0 saturated heterocycles. The van der Waals surface area contributed by atoms with E-state index in [0.717, 1.165) is 0 Å². The summed E-state index contributed by atoms with van der Waals surface area (Å²) >= 11 is 0. The summed E-state index contributed by atoms with van der Waals surface area (Å²) in [6.07, 6.45) is -3.19. The van der Waals surface area contributed by atoms with Gasteiger partial charge in [0.05, 0.1) is 2.74 Å². The average molecular weight is 68.1 g/mol. The Kier molecular flexibility index (Phi) is 0.214. The van der Waals surface area contributed by atoms with E-state index < -0.39 is 19.8 Å². The molecule has 0 aliphatic carbocycles. The van der Waals surface area contributed by atoms with Gasteiger partial charge in [-0.25, -0.2) is 0 Å². The van der Waals surface area contributed by atoms with Crippen molar-refractivity contribution in [2.45, 2.75) is 13.2 Å². The lowest BCUT2D eigenvalue weighted by molar-refractivity contribution is 0.295. The topological polar surface area (TPSA) is 20.2 Å². The Labute approximate surface area is 37.6 Å². The van der Waals surface area contributed by atoms with Gasteiger partial charge < -0.3 is 5.11 Å². The van der Waals surface area contributed by atoms with Crippen molar-refractivity contribution in [2.75, 3.05) is 6.56 Å². The molecule has 0 bridgehead atoms. The van der Waals surface area contributed by atoms with E-state index in [1.54, 1.807) is 0 Å². The van der Waals surface area contributed by atoms with Crippen LogP contribution in [0.15, 0.2) is 0 Å². The van der Waals surface area contributed by atoms with Crippen molar-refractivity contribution < 1.29 is 14.7 Å². The zero-order valence-electron chi connectivity index (χ0n) is 9.91. The first-order valence-electron chi connectivity index (χ1n) is 4.61. The van der Waals surface area contributed by atoms with Crippen LogP contribution in [0, 0.1) is 0 Å². The van der Waals surface area contributed by atoms with E-state index in [1.165, 1.54) is 0 Å². The third-order valence-electron chi connectivity index (χ3n) is 0.0510. The lowest BCUT2D eigenvalue weighted by Gasteiger charge is -1.69. The molecule has 0 atom stereocenters. The van der Waals surface area contributed by atoms with Crippen molar-refractivity contribution in [1.82, 2.24) is 0 Å². The van der Waals surface area contributed by atoms with E-state index >= 15 is 0 Å². The van der Waals surface area contributed by atoms with Gasteiger partial charge in [-0.2, -0.15) is 0 Å². The fourth-order valence-corrected chi connectivity index (χ4v) is 0. The van der Waals surface area contributed by atoms with Gasteiger partial charge in [0, 0.05) is 13.4 Å². The van der Waals surface area contributed by atoms with Crippen LogP contribution in [0.25, 0.3) is 0 Å². The molecule has 0 aliphatic heterocycles. The predicted octanol–water partition coefficient (Wildman–Crippen LogP) is 0.389. The second-order valence-corrected chi connectivity index (χ2v) is 0.227. The molecular formula is C3H8O. The summed E-state index contributed by atoms with van der Waals surface area (Å²) in [6.45, 7) is -6.30. The largest absolute Gasteiger partial charge is 0.396 e. The standard InChI is InChI=1S/C3H8O/c1-2-3-4/h4H,2-3H2,1H3/i1D3,2D2,3D2,4D. The van der Waals surface area contributed by atoms with E-state index in [-0.39, 0.29) is 0 Å². The summed E-state index contributed by atoms with van der Waals surface area (Å²) in [7, 11) is 0. The smallest absolute Gasteiger partial charge is 0.210 e. The minimum absolute atomic E-state index is 3.14. The molecule has 0 rings (SSSR count). The maximum Gasteiger partial charge on any atom is 0.210 e. The van der Waals surface area contributed by atoms with Crippen molar-refractivity contribution in [3.63, 3.8) is 0 Å². The molecule has 4 heavy (non-hydrogen) atoms. The Bertz CT molecular complexity index is 158. The van der Waals surface area contributed by atoms with Gasteiger partial charge in [0.25, 0.3) is 0 Å². The Morgan fingerprint density at radius 2 is 3.75 bits per heavy atom. The number of rotatable bonds is 2. The molecule has 0 aliphatic rings. The normalized spacial score (nSPS) is 47.0. The second kappa shape index (κ2) is 2.96. The molecule has 0 radical (unpaired) electrons. The van der Waals surface area contributed by atoms with Gasteiger partial charge in [-0.05, 0) is 6.37 Å². The molecule has 1 nitrogen and oxygen atoms in total. The first-order valence-corrected chi connectivity index (χ1v) is 0.704. The quantitative estimate of drug-likeness (QED) is 0.496. The Balaban J connectivity index is 4.85. The molecule has 0 aromatic carbocycles. The summed E-state index contributed by atoms with van der Waals surface area (Å²) < 4.78 is 53.4. The third-order valence-corrected chi connectivity index (χ3v) is 0.0510. The lowest BCUT2D eigenvalue weighted by atomic mass is 10.5. The Morgan fingerprint density at radius 1 is 2.75 bits per heavy atom. The Hall–Kier alpha value is -0.0400. The van der Waals surface area contributed by atoms with Crippen LogP contribution in [0.2, 0.25) is 0 Å². The van der Waals surface area contributed by atoms with E-state index in [9.17, 15) is 0 Å². The highest BCUT2D eigenvalue weighted by atomic mass is 16.2. The summed E-state index contributed by atoms with van der Waals surface area (Å²) in [5.74, 6) is 0. The molecule has 0 aromatic heterocycles. The highest BCUT2D eigenvalue weighted by Crippen LogP contribution is 1.61. The third kappa shape index (κ3) is 1.96. The van der Waals surface area contributed by atoms with Crippen LogP contribution in [0.1, 0.15) is 22.8 Å². The van der Waals surface area contributed by atoms with Crippen LogP contribution >= 0.6 is 0 Å². The van der Waals surface area contributed by atoms with Gasteiger partial charge in [0.2, 0.25) is 1.43 Å². The van der Waals surface area contributed by atoms with Gasteiger partial charge in [-0.1, -0.05) is 6.85 Å². The van der Waals surface area contributed by atoms with Crippen LogP contribution in [0.3, 0.4) is 0 Å². The average Bonchev–Trinajstić information content (AvgIpc) is 1.85. The minimum atomic E-state index is -3.19. The van der Waals surface area contributed by atoms with Crippen LogP contribution in [0.5, 0.6) is 0 Å². The zero-order valence-corrected chi connectivity index (χ0v) is 1.91. The van der Waals surface area contributed by atoms with Crippen LogP contribution in [-0.2, 0) is 0 Å². The molecule has 0 unspecified atom stereocenters. The van der Waals surface area contributed by atoms with E-state index in [0.29, 0.717) is 0 Å². The fourth-order valence-electron chi connectivity index (χ4n) is 0. The van der Waals surface area contributed by atoms with Crippen molar-refractivity contribution >= 4 is 0 Å². The van der Waals surface area contributed by atoms with Gasteiger partial charge in [-0.15, -0.1) is 0 Å².